The van der Waals surface area contributed by atoms with Crippen molar-refractivity contribution in [3.05, 3.63) is 29.8 Å². The first-order chi connectivity index (χ1) is 12.9. The monoisotopic (exact) mass is 378 g/mol. The van der Waals surface area contributed by atoms with Crippen LogP contribution in [0.1, 0.15) is 43.5 Å². The number of likely N-dealkylation sites (tertiary alicyclic amines) is 1. The molecular formula is C20H30N2O5. The topological polar surface area (TPSA) is 79.3 Å². The SMILES string of the molecule is COCCCOc1cccc(C(=O)N(C(C)C)[C@@H]2CCCN(C(=O)O)C2)c1. The van der Waals surface area contributed by atoms with E-state index < -0.39 is 6.09 Å². The van der Waals surface area contributed by atoms with Crippen LogP contribution < -0.4 is 4.74 Å². The largest absolute Gasteiger partial charge is 0.493 e. The van der Waals surface area contributed by atoms with Gasteiger partial charge in [-0.2, -0.15) is 0 Å². The molecule has 1 N–H and O–H groups in total. The Morgan fingerprint density at radius 1 is 1.33 bits per heavy atom. The molecule has 2 amide bonds. The van der Waals surface area contributed by atoms with Gasteiger partial charge in [0.1, 0.15) is 5.75 Å². The lowest BCUT2D eigenvalue weighted by atomic mass is 10.0. The van der Waals surface area contributed by atoms with Crippen molar-refractivity contribution < 1.29 is 24.2 Å². The number of carboxylic acid groups (broad SMARTS) is 1. The normalized spacial score (nSPS) is 17.0. The van der Waals surface area contributed by atoms with Crippen LogP contribution in [0.4, 0.5) is 4.79 Å². The average Bonchev–Trinajstić information content (AvgIpc) is 2.65. The molecule has 1 aliphatic heterocycles. The lowest BCUT2D eigenvalue weighted by molar-refractivity contribution is 0.0449. The molecular weight excluding hydrogens is 348 g/mol. The molecule has 27 heavy (non-hydrogen) atoms. The van der Waals surface area contributed by atoms with Gasteiger partial charge in [0.05, 0.1) is 12.6 Å². The van der Waals surface area contributed by atoms with Crippen LogP contribution in [-0.2, 0) is 4.74 Å². The Labute approximate surface area is 160 Å². The maximum atomic E-state index is 13.2. The minimum atomic E-state index is -0.928. The van der Waals surface area contributed by atoms with Gasteiger partial charge in [0.25, 0.3) is 5.91 Å². The third-order valence-electron chi connectivity index (χ3n) is 4.69. The number of hydrogen-bond donors (Lipinski definition) is 1. The van der Waals surface area contributed by atoms with Crippen molar-refractivity contribution in [3.8, 4) is 5.75 Å². The Morgan fingerprint density at radius 3 is 2.78 bits per heavy atom. The Balaban J connectivity index is 2.11. The molecule has 0 spiro atoms. The van der Waals surface area contributed by atoms with E-state index in [1.165, 1.54) is 4.90 Å². The van der Waals surface area contributed by atoms with Gasteiger partial charge in [-0.05, 0) is 44.9 Å². The molecule has 1 heterocycles. The molecule has 0 aromatic heterocycles. The summed E-state index contributed by atoms with van der Waals surface area (Å²) in [7, 11) is 1.65. The highest BCUT2D eigenvalue weighted by Crippen LogP contribution is 2.23. The molecule has 7 nitrogen and oxygen atoms in total. The van der Waals surface area contributed by atoms with E-state index in [1.807, 2.05) is 26.0 Å². The maximum absolute atomic E-state index is 13.2. The quantitative estimate of drug-likeness (QED) is 0.703. The van der Waals surface area contributed by atoms with Gasteiger partial charge >= 0.3 is 6.09 Å². The fourth-order valence-electron chi connectivity index (χ4n) is 3.44. The molecule has 1 aromatic rings. The highest BCUT2D eigenvalue weighted by molar-refractivity contribution is 5.95. The van der Waals surface area contributed by atoms with E-state index in [9.17, 15) is 14.7 Å². The minimum absolute atomic E-state index is 0.0254. The van der Waals surface area contributed by atoms with Crippen molar-refractivity contribution in [1.82, 2.24) is 9.80 Å². The Kier molecular flexibility index (Phi) is 7.91. The predicted octanol–water partition coefficient (Wildman–Crippen LogP) is 3.09. The van der Waals surface area contributed by atoms with Crippen LogP contribution in [-0.4, -0.2) is 72.4 Å². The number of ether oxygens (including phenoxy) is 2. The molecule has 1 saturated heterocycles. The van der Waals surface area contributed by atoms with Gasteiger partial charge in [-0.1, -0.05) is 6.07 Å². The van der Waals surface area contributed by atoms with Crippen LogP contribution >= 0.6 is 0 Å². The van der Waals surface area contributed by atoms with Gasteiger partial charge < -0.3 is 24.4 Å². The highest BCUT2D eigenvalue weighted by Gasteiger charge is 2.32. The number of piperidine rings is 1. The summed E-state index contributed by atoms with van der Waals surface area (Å²) >= 11 is 0. The molecule has 1 atom stereocenters. The van der Waals surface area contributed by atoms with E-state index in [0.717, 1.165) is 19.3 Å². The third-order valence-corrected chi connectivity index (χ3v) is 4.69. The van der Waals surface area contributed by atoms with Gasteiger partial charge in [-0.25, -0.2) is 4.79 Å². The summed E-state index contributed by atoms with van der Waals surface area (Å²) in [6.07, 6.45) is 1.42. The van der Waals surface area contributed by atoms with E-state index in [4.69, 9.17) is 9.47 Å². The van der Waals surface area contributed by atoms with E-state index in [1.54, 1.807) is 24.1 Å². The molecule has 0 aliphatic carbocycles. The minimum Gasteiger partial charge on any atom is -0.493 e. The zero-order valence-corrected chi connectivity index (χ0v) is 16.4. The van der Waals surface area contributed by atoms with Crippen molar-refractivity contribution >= 4 is 12.0 Å². The third kappa shape index (κ3) is 5.85. The number of carbonyl (C=O) groups excluding carboxylic acids is 1. The summed E-state index contributed by atoms with van der Waals surface area (Å²) < 4.78 is 10.7. The van der Waals surface area contributed by atoms with Crippen LogP contribution in [0.25, 0.3) is 0 Å². The van der Waals surface area contributed by atoms with Crippen LogP contribution in [0.2, 0.25) is 0 Å². The van der Waals surface area contributed by atoms with Crippen LogP contribution in [0, 0.1) is 0 Å². The van der Waals surface area contributed by atoms with E-state index in [-0.39, 0.29) is 18.0 Å². The van der Waals surface area contributed by atoms with Crippen LogP contribution in [0.3, 0.4) is 0 Å². The number of nitrogens with zero attached hydrogens (tertiary/aromatic N) is 2. The first-order valence-corrected chi connectivity index (χ1v) is 9.46. The molecule has 150 valence electrons. The first-order valence-electron chi connectivity index (χ1n) is 9.46. The number of methoxy groups -OCH3 is 1. The van der Waals surface area contributed by atoms with Gasteiger partial charge in [0, 0.05) is 44.8 Å². The van der Waals surface area contributed by atoms with E-state index >= 15 is 0 Å². The lowest BCUT2D eigenvalue weighted by Gasteiger charge is -2.40. The van der Waals surface area contributed by atoms with Crippen molar-refractivity contribution in [1.29, 1.82) is 0 Å². The average molecular weight is 378 g/mol. The second-order valence-electron chi connectivity index (χ2n) is 7.05. The predicted molar refractivity (Wildman–Crippen MR) is 102 cm³/mol. The molecule has 0 unspecified atom stereocenters. The zero-order chi connectivity index (χ0) is 19.8. The number of amides is 2. The molecule has 1 aromatic carbocycles. The van der Waals surface area contributed by atoms with E-state index in [0.29, 0.717) is 37.6 Å². The zero-order valence-electron chi connectivity index (χ0n) is 16.4. The van der Waals surface area contributed by atoms with E-state index in [2.05, 4.69) is 0 Å². The van der Waals surface area contributed by atoms with Crippen molar-refractivity contribution in [3.63, 3.8) is 0 Å². The number of carbonyl (C=O) groups is 2. The van der Waals surface area contributed by atoms with Crippen molar-refractivity contribution in [2.45, 2.75) is 45.2 Å². The number of rotatable bonds is 8. The summed E-state index contributed by atoms with van der Waals surface area (Å²) in [6.45, 7) is 5.95. The summed E-state index contributed by atoms with van der Waals surface area (Å²) in [5, 5.41) is 9.29. The highest BCUT2D eigenvalue weighted by atomic mass is 16.5. The molecule has 0 radical (unpaired) electrons. The molecule has 2 rings (SSSR count). The van der Waals surface area contributed by atoms with Gasteiger partial charge in [-0.3, -0.25) is 4.79 Å². The molecule has 1 fully saturated rings. The lowest BCUT2D eigenvalue weighted by Crippen LogP contribution is -2.53. The number of hydrogen-bond acceptors (Lipinski definition) is 4. The molecule has 1 aliphatic rings. The second kappa shape index (κ2) is 10.2. The second-order valence-corrected chi connectivity index (χ2v) is 7.05. The van der Waals surface area contributed by atoms with Crippen molar-refractivity contribution in [2.75, 3.05) is 33.4 Å². The molecule has 0 saturated carbocycles. The van der Waals surface area contributed by atoms with Crippen LogP contribution in [0.15, 0.2) is 24.3 Å². The van der Waals surface area contributed by atoms with Gasteiger partial charge in [0.15, 0.2) is 0 Å². The number of benzene rings is 1. The summed E-state index contributed by atoms with van der Waals surface area (Å²) in [6, 6.07) is 7.02. The Hall–Kier alpha value is -2.28. The smallest absolute Gasteiger partial charge is 0.407 e. The fraction of sp³-hybridized carbons (Fsp3) is 0.600. The van der Waals surface area contributed by atoms with Crippen molar-refractivity contribution in [2.24, 2.45) is 0 Å². The fourth-order valence-corrected chi connectivity index (χ4v) is 3.44. The molecule has 7 heteroatoms. The first kappa shape index (κ1) is 21.0. The Bertz CT molecular complexity index is 635. The summed E-state index contributed by atoms with van der Waals surface area (Å²) in [5.74, 6) is 0.557. The van der Waals surface area contributed by atoms with Gasteiger partial charge in [0.2, 0.25) is 0 Å². The van der Waals surface area contributed by atoms with Crippen LogP contribution in [0.5, 0.6) is 5.75 Å². The Morgan fingerprint density at radius 2 is 2.11 bits per heavy atom. The summed E-state index contributed by atoms with van der Waals surface area (Å²) in [4.78, 5) is 27.7. The standard InChI is InChI=1S/C20H30N2O5/c1-15(2)22(17-8-5-10-21(14-17)20(24)25)19(23)16-7-4-9-18(13-16)27-12-6-11-26-3/h4,7,9,13,15,17H,5-6,8,10-12,14H2,1-3H3,(H,24,25)/t17-/m1/s1. The van der Waals surface area contributed by atoms with Gasteiger partial charge in [-0.15, -0.1) is 0 Å². The summed E-state index contributed by atoms with van der Waals surface area (Å²) in [5.41, 5.74) is 0.556. The molecule has 0 bridgehead atoms. The maximum Gasteiger partial charge on any atom is 0.407 e.